The fourth-order valence-corrected chi connectivity index (χ4v) is 3.96. The van der Waals surface area contributed by atoms with Crippen molar-refractivity contribution in [1.29, 1.82) is 0 Å². The summed E-state index contributed by atoms with van der Waals surface area (Å²) in [5, 5.41) is 0. The van der Waals surface area contributed by atoms with Crippen LogP contribution in [0.1, 0.15) is 30.0 Å². The van der Waals surface area contributed by atoms with Crippen LogP contribution in [-0.4, -0.2) is 30.4 Å². The van der Waals surface area contributed by atoms with E-state index in [-0.39, 0.29) is 6.61 Å². The van der Waals surface area contributed by atoms with E-state index in [1.54, 1.807) is 0 Å². The van der Waals surface area contributed by atoms with E-state index < -0.39 is 30.4 Å². The fourth-order valence-electron chi connectivity index (χ4n) is 3.96. The van der Waals surface area contributed by atoms with E-state index in [1.165, 1.54) is 0 Å². The summed E-state index contributed by atoms with van der Waals surface area (Å²) in [5.41, 5.74) is 3.05. The van der Waals surface area contributed by atoms with E-state index in [2.05, 4.69) is 0 Å². The Hall–Kier alpha value is -2.99. The minimum Gasteiger partial charge on any atom is -0.458 e. The predicted octanol–water partition coefficient (Wildman–Crippen LogP) is 5.08. The Labute approximate surface area is 195 Å². The van der Waals surface area contributed by atoms with Gasteiger partial charge in [0.1, 0.15) is 18.3 Å². The van der Waals surface area contributed by atoms with Crippen LogP contribution in [0.15, 0.2) is 91.0 Å². The Bertz CT molecular complexity index is 977. The van der Waals surface area contributed by atoms with Crippen LogP contribution in [-0.2, 0) is 43.6 Å². The number of cyclic esters (lactones) is 1. The lowest BCUT2D eigenvalue weighted by atomic mass is 9.96. The largest absolute Gasteiger partial charge is 0.458 e. The molecule has 5 heteroatoms. The first kappa shape index (κ1) is 23.2. The van der Waals surface area contributed by atoms with Crippen molar-refractivity contribution < 1.29 is 23.7 Å². The lowest BCUT2D eigenvalue weighted by Gasteiger charge is -2.41. The Morgan fingerprint density at radius 2 is 1.06 bits per heavy atom. The summed E-state index contributed by atoms with van der Waals surface area (Å²) >= 11 is 0. The molecule has 0 N–H and O–H groups in total. The highest BCUT2D eigenvalue weighted by atomic mass is 16.6. The van der Waals surface area contributed by atoms with Gasteiger partial charge in [-0.15, -0.1) is 0 Å². The van der Waals surface area contributed by atoms with Crippen molar-refractivity contribution in [2.24, 2.45) is 0 Å². The molecule has 1 heterocycles. The van der Waals surface area contributed by atoms with E-state index in [4.69, 9.17) is 18.9 Å². The number of carbonyl (C=O) groups excluding carboxylic acids is 1. The number of hydrogen-bond donors (Lipinski definition) is 0. The second kappa shape index (κ2) is 11.8. The maximum Gasteiger partial charge on any atom is 0.338 e. The summed E-state index contributed by atoms with van der Waals surface area (Å²) in [6, 6.07) is 29.6. The third kappa shape index (κ3) is 6.29. The molecule has 0 bridgehead atoms. The fraction of sp³-hybridized carbons (Fsp3) is 0.321. The van der Waals surface area contributed by atoms with Crippen molar-refractivity contribution >= 4 is 5.97 Å². The molecule has 0 saturated carbocycles. The number of ether oxygens (including phenoxy) is 4. The molecule has 172 valence electrons. The van der Waals surface area contributed by atoms with Gasteiger partial charge >= 0.3 is 5.97 Å². The third-order valence-corrected chi connectivity index (χ3v) is 5.73. The summed E-state index contributed by atoms with van der Waals surface area (Å²) < 4.78 is 24.5. The molecule has 4 rings (SSSR count). The van der Waals surface area contributed by atoms with Crippen molar-refractivity contribution in [3.63, 3.8) is 0 Å². The van der Waals surface area contributed by atoms with Gasteiger partial charge < -0.3 is 18.9 Å². The van der Waals surface area contributed by atoms with Gasteiger partial charge in [-0.2, -0.15) is 0 Å². The first-order valence-corrected chi connectivity index (χ1v) is 11.4. The molecule has 0 radical (unpaired) electrons. The Balaban J connectivity index is 1.54. The van der Waals surface area contributed by atoms with Crippen LogP contribution >= 0.6 is 0 Å². The number of carbonyl (C=O) groups is 1. The van der Waals surface area contributed by atoms with Gasteiger partial charge in [0.25, 0.3) is 0 Å². The van der Waals surface area contributed by atoms with Gasteiger partial charge in [-0.1, -0.05) is 97.9 Å². The van der Waals surface area contributed by atoms with Crippen LogP contribution < -0.4 is 0 Å². The summed E-state index contributed by atoms with van der Waals surface area (Å²) in [6.45, 7) is 3.02. The lowest BCUT2D eigenvalue weighted by molar-refractivity contribution is -0.233. The van der Waals surface area contributed by atoms with Crippen LogP contribution in [0.2, 0.25) is 0 Å². The van der Waals surface area contributed by atoms with Gasteiger partial charge in [0.05, 0.1) is 19.8 Å². The molecule has 0 aromatic heterocycles. The predicted molar refractivity (Wildman–Crippen MR) is 125 cm³/mol. The molecule has 1 aliphatic heterocycles. The zero-order valence-corrected chi connectivity index (χ0v) is 18.8. The number of rotatable bonds is 10. The molecule has 1 saturated heterocycles. The summed E-state index contributed by atoms with van der Waals surface area (Å²) in [5.74, 6) is -0.407. The Morgan fingerprint density at radius 3 is 1.52 bits per heavy atom. The SMILES string of the molecule is CC[C@H]1OC(=O)[C@H](OCc2ccccc2)[C@@H](OCc2ccccc2)[C@@H]1OCc1ccccc1. The Kier molecular flexibility index (Phi) is 8.25. The van der Waals surface area contributed by atoms with Crippen LogP contribution in [0.4, 0.5) is 0 Å². The van der Waals surface area contributed by atoms with Gasteiger partial charge in [-0.05, 0) is 23.1 Å². The summed E-state index contributed by atoms with van der Waals surface area (Å²) in [6.07, 6.45) is -1.70. The molecule has 0 unspecified atom stereocenters. The monoisotopic (exact) mass is 446 g/mol. The first-order chi connectivity index (χ1) is 16.2. The summed E-state index contributed by atoms with van der Waals surface area (Å²) in [4.78, 5) is 12.9. The highest BCUT2D eigenvalue weighted by Gasteiger charge is 2.48. The minimum absolute atomic E-state index is 0.286. The minimum atomic E-state index is -0.877. The molecule has 1 fully saturated rings. The number of hydrogen-bond acceptors (Lipinski definition) is 5. The van der Waals surface area contributed by atoms with Gasteiger partial charge in [0, 0.05) is 0 Å². The van der Waals surface area contributed by atoms with Crippen LogP contribution in [0.3, 0.4) is 0 Å². The smallest absolute Gasteiger partial charge is 0.338 e. The van der Waals surface area contributed by atoms with Crippen molar-refractivity contribution in [1.82, 2.24) is 0 Å². The zero-order valence-electron chi connectivity index (χ0n) is 18.8. The van der Waals surface area contributed by atoms with Crippen molar-refractivity contribution in [3.05, 3.63) is 108 Å². The van der Waals surface area contributed by atoms with Crippen molar-refractivity contribution in [3.8, 4) is 0 Å². The highest BCUT2D eigenvalue weighted by Crippen LogP contribution is 2.28. The van der Waals surface area contributed by atoms with E-state index in [0.717, 1.165) is 16.7 Å². The second-order valence-corrected chi connectivity index (χ2v) is 8.12. The van der Waals surface area contributed by atoms with Gasteiger partial charge in [-0.25, -0.2) is 4.79 Å². The van der Waals surface area contributed by atoms with E-state index in [9.17, 15) is 4.79 Å². The van der Waals surface area contributed by atoms with E-state index >= 15 is 0 Å². The molecule has 0 aliphatic carbocycles. The van der Waals surface area contributed by atoms with Crippen LogP contribution in [0, 0.1) is 0 Å². The molecule has 4 atom stereocenters. The quantitative estimate of drug-likeness (QED) is 0.407. The second-order valence-electron chi connectivity index (χ2n) is 8.12. The third-order valence-electron chi connectivity index (χ3n) is 5.73. The van der Waals surface area contributed by atoms with Crippen LogP contribution in [0.25, 0.3) is 0 Å². The van der Waals surface area contributed by atoms with Crippen molar-refractivity contribution in [2.45, 2.75) is 57.6 Å². The van der Waals surface area contributed by atoms with E-state index in [0.29, 0.717) is 19.6 Å². The maximum absolute atomic E-state index is 12.9. The number of benzene rings is 3. The van der Waals surface area contributed by atoms with Gasteiger partial charge in [0.15, 0.2) is 6.10 Å². The normalized spacial score (nSPS) is 22.6. The van der Waals surface area contributed by atoms with E-state index in [1.807, 2.05) is 97.9 Å². The molecule has 33 heavy (non-hydrogen) atoms. The van der Waals surface area contributed by atoms with Gasteiger partial charge in [-0.3, -0.25) is 0 Å². The highest BCUT2D eigenvalue weighted by molar-refractivity contribution is 5.77. The average molecular weight is 447 g/mol. The number of esters is 1. The molecule has 5 nitrogen and oxygen atoms in total. The molecule has 0 amide bonds. The zero-order chi connectivity index (χ0) is 22.9. The standard InChI is InChI=1S/C28H30O5/c1-2-24-25(30-18-21-12-6-3-7-13-21)26(31-19-22-14-8-4-9-15-22)27(28(29)33-24)32-20-23-16-10-5-11-17-23/h3-17,24-27H,2,18-20H2,1H3/t24-,25-,26+,27-/m1/s1. The molecule has 0 spiro atoms. The molecular weight excluding hydrogens is 416 g/mol. The average Bonchev–Trinajstić information content (AvgIpc) is 2.87. The van der Waals surface area contributed by atoms with Gasteiger partial charge in [0.2, 0.25) is 0 Å². The molecule has 3 aromatic carbocycles. The lowest BCUT2D eigenvalue weighted by Crippen LogP contribution is -2.58. The Morgan fingerprint density at radius 1 is 0.636 bits per heavy atom. The van der Waals surface area contributed by atoms with Crippen LogP contribution in [0.5, 0.6) is 0 Å². The first-order valence-electron chi connectivity index (χ1n) is 11.4. The van der Waals surface area contributed by atoms with Crippen molar-refractivity contribution in [2.75, 3.05) is 0 Å². The molecular formula is C28H30O5. The topological polar surface area (TPSA) is 54.0 Å². The summed E-state index contributed by atoms with van der Waals surface area (Å²) in [7, 11) is 0. The molecule has 3 aromatic rings. The maximum atomic E-state index is 12.9. The molecule has 1 aliphatic rings.